The summed E-state index contributed by atoms with van der Waals surface area (Å²) >= 11 is 12.2. The molecule has 1 aliphatic rings. The number of nitrogens with zero attached hydrogens (tertiary/aromatic N) is 1. The van der Waals surface area contributed by atoms with E-state index in [9.17, 15) is 0 Å². The van der Waals surface area contributed by atoms with Gasteiger partial charge in [0.25, 0.3) is 0 Å². The number of morpholine rings is 1. The number of benzene rings is 1. The minimum Gasteiger partial charge on any atom is -0.373 e. The van der Waals surface area contributed by atoms with Crippen molar-refractivity contribution >= 4 is 23.2 Å². The van der Waals surface area contributed by atoms with Crippen LogP contribution in [0.1, 0.15) is 25.5 Å². The number of hydrogen-bond acceptors (Lipinski definition) is 3. The first-order chi connectivity index (χ1) is 8.93. The predicted molar refractivity (Wildman–Crippen MR) is 79.9 cm³/mol. The van der Waals surface area contributed by atoms with Crippen molar-refractivity contribution in [1.29, 1.82) is 0 Å². The maximum Gasteiger partial charge on any atom is 0.0753 e. The lowest BCUT2D eigenvalue weighted by molar-refractivity contribution is -0.0967. The van der Waals surface area contributed by atoms with E-state index >= 15 is 0 Å². The largest absolute Gasteiger partial charge is 0.373 e. The first-order valence-corrected chi connectivity index (χ1v) is 7.21. The number of halogens is 2. The van der Waals surface area contributed by atoms with Crippen molar-refractivity contribution in [3.05, 3.63) is 33.8 Å². The zero-order valence-electron chi connectivity index (χ0n) is 11.3. The quantitative estimate of drug-likeness (QED) is 0.932. The van der Waals surface area contributed by atoms with E-state index in [-0.39, 0.29) is 11.6 Å². The summed E-state index contributed by atoms with van der Waals surface area (Å²) in [7, 11) is 0. The van der Waals surface area contributed by atoms with Gasteiger partial charge in [-0.25, -0.2) is 0 Å². The van der Waals surface area contributed by atoms with E-state index in [4.69, 9.17) is 33.7 Å². The van der Waals surface area contributed by atoms with Gasteiger partial charge >= 0.3 is 0 Å². The summed E-state index contributed by atoms with van der Waals surface area (Å²) in [6, 6.07) is 5.70. The minimum atomic E-state index is -0.148. The van der Waals surface area contributed by atoms with Crippen LogP contribution in [0.5, 0.6) is 0 Å². The Morgan fingerprint density at radius 1 is 1.42 bits per heavy atom. The van der Waals surface area contributed by atoms with Gasteiger partial charge < -0.3 is 10.5 Å². The van der Waals surface area contributed by atoms with Crippen LogP contribution in [0, 0.1) is 0 Å². The van der Waals surface area contributed by atoms with E-state index in [2.05, 4.69) is 18.7 Å². The van der Waals surface area contributed by atoms with Gasteiger partial charge in [0.2, 0.25) is 0 Å². The van der Waals surface area contributed by atoms with Crippen LogP contribution >= 0.6 is 23.2 Å². The molecular weight excluding hydrogens is 283 g/mol. The van der Waals surface area contributed by atoms with Gasteiger partial charge in [-0.15, -0.1) is 0 Å². The van der Waals surface area contributed by atoms with E-state index in [0.29, 0.717) is 23.2 Å². The maximum atomic E-state index is 6.30. The lowest BCUT2D eigenvalue weighted by Gasteiger charge is -2.42. The van der Waals surface area contributed by atoms with Crippen molar-refractivity contribution in [3.63, 3.8) is 0 Å². The molecule has 1 saturated heterocycles. The summed E-state index contributed by atoms with van der Waals surface area (Å²) in [5.74, 6) is 0. The molecule has 0 aliphatic carbocycles. The van der Waals surface area contributed by atoms with E-state index < -0.39 is 0 Å². The number of rotatable bonds is 3. The lowest BCUT2D eigenvalue weighted by atomic mass is 10.0. The van der Waals surface area contributed by atoms with Crippen LogP contribution in [0.4, 0.5) is 0 Å². The van der Waals surface area contributed by atoms with E-state index in [1.807, 2.05) is 12.1 Å². The van der Waals surface area contributed by atoms with Crippen LogP contribution in [0.3, 0.4) is 0 Å². The summed E-state index contributed by atoms with van der Waals surface area (Å²) in [6.45, 7) is 7.14. The van der Waals surface area contributed by atoms with Gasteiger partial charge in [0.05, 0.1) is 12.2 Å². The van der Waals surface area contributed by atoms with Gasteiger partial charge in [0, 0.05) is 35.7 Å². The molecule has 0 radical (unpaired) electrons. The number of nitrogens with two attached hydrogens (primary N) is 1. The Labute approximate surface area is 124 Å². The molecule has 0 amide bonds. The summed E-state index contributed by atoms with van der Waals surface area (Å²) in [5.41, 5.74) is 6.84. The highest BCUT2D eigenvalue weighted by Crippen LogP contribution is 2.31. The molecule has 2 N–H and O–H groups in total. The van der Waals surface area contributed by atoms with Crippen LogP contribution in [0.15, 0.2) is 18.2 Å². The topological polar surface area (TPSA) is 38.5 Å². The monoisotopic (exact) mass is 302 g/mol. The molecule has 106 valence electrons. The molecule has 1 unspecified atom stereocenters. The lowest BCUT2D eigenvalue weighted by Crippen LogP contribution is -2.50. The zero-order chi connectivity index (χ0) is 14.0. The van der Waals surface area contributed by atoms with Crippen molar-refractivity contribution in [2.24, 2.45) is 5.73 Å². The smallest absolute Gasteiger partial charge is 0.0753 e. The Morgan fingerprint density at radius 2 is 2.16 bits per heavy atom. The van der Waals surface area contributed by atoms with E-state index in [1.54, 1.807) is 6.07 Å². The molecule has 1 fully saturated rings. The second kappa shape index (κ2) is 5.98. The molecule has 0 saturated carbocycles. The van der Waals surface area contributed by atoms with Crippen molar-refractivity contribution < 1.29 is 4.74 Å². The molecule has 2 rings (SSSR count). The summed E-state index contributed by atoms with van der Waals surface area (Å²) < 4.78 is 5.74. The molecule has 1 aromatic carbocycles. The van der Waals surface area contributed by atoms with Crippen LogP contribution in [-0.4, -0.2) is 36.7 Å². The fourth-order valence-corrected chi connectivity index (χ4v) is 3.10. The molecule has 3 nitrogen and oxygen atoms in total. The van der Waals surface area contributed by atoms with Crippen LogP contribution in [0.2, 0.25) is 10.0 Å². The summed E-state index contributed by atoms with van der Waals surface area (Å²) in [6.07, 6.45) is 0. The van der Waals surface area contributed by atoms with Gasteiger partial charge in [-0.1, -0.05) is 29.3 Å². The zero-order valence-corrected chi connectivity index (χ0v) is 12.8. The number of ether oxygens (including phenoxy) is 1. The SMILES string of the molecule is CC1(C)CN(C(CN)c2ccc(Cl)cc2Cl)CCO1. The Kier molecular flexibility index (Phi) is 4.75. The summed E-state index contributed by atoms with van der Waals surface area (Å²) in [5, 5.41) is 1.32. The third-order valence-corrected chi connectivity index (χ3v) is 4.00. The van der Waals surface area contributed by atoms with Crippen molar-refractivity contribution in [3.8, 4) is 0 Å². The third kappa shape index (κ3) is 3.61. The Balaban J connectivity index is 2.24. The van der Waals surface area contributed by atoms with Gasteiger partial charge in [0.1, 0.15) is 0 Å². The molecule has 19 heavy (non-hydrogen) atoms. The van der Waals surface area contributed by atoms with Crippen molar-refractivity contribution in [2.45, 2.75) is 25.5 Å². The second-order valence-electron chi connectivity index (χ2n) is 5.50. The number of hydrogen-bond donors (Lipinski definition) is 1. The molecule has 1 aliphatic heterocycles. The molecule has 1 aromatic rings. The van der Waals surface area contributed by atoms with Gasteiger partial charge in [0.15, 0.2) is 0 Å². The van der Waals surface area contributed by atoms with Gasteiger partial charge in [-0.2, -0.15) is 0 Å². The maximum absolute atomic E-state index is 6.30. The van der Waals surface area contributed by atoms with Crippen LogP contribution in [0.25, 0.3) is 0 Å². The average Bonchev–Trinajstić information content (AvgIpc) is 2.31. The van der Waals surface area contributed by atoms with Crippen LogP contribution < -0.4 is 5.73 Å². The first kappa shape index (κ1) is 15.1. The third-order valence-electron chi connectivity index (χ3n) is 3.44. The standard InChI is InChI=1S/C14H20Cl2N2O/c1-14(2)9-18(5-6-19-14)13(8-17)11-4-3-10(15)7-12(11)16/h3-4,7,13H,5-6,8-9,17H2,1-2H3. The molecule has 1 atom stereocenters. The molecule has 5 heteroatoms. The van der Waals surface area contributed by atoms with Gasteiger partial charge in [-0.05, 0) is 31.5 Å². The van der Waals surface area contributed by atoms with Crippen LogP contribution in [-0.2, 0) is 4.74 Å². The van der Waals surface area contributed by atoms with E-state index in [1.165, 1.54) is 0 Å². The Bertz CT molecular complexity index is 451. The predicted octanol–water partition coefficient (Wildman–Crippen LogP) is 3.10. The van der Waals surface area contributed by atoms with Crippen molar-refractivity contribution in [2.75, 3.05) is 26.2 Å². The highest BCUT2D eigenvalue weighted by molar-refractivity contribution is 6.35. The molecule has 0 spiro atoms. The average molecular weight is 303 g/mol. The first-order valence-electron chi connectivity index (χ1n) is 6.46. The van der Waals surface area contributed by atoms with E-state index in [0.717, 1.165) is 18.7 Å². The highest BCUT2D eigenvalue weighted by atomic mass is 35.5. The Hall–Kier alpha value is -0.320. The fourth-order valence-electron chi connectivity index (χ4n) is 2.56. The second-order valence-corrected chi connectivity index (χ2v) is 6.34. The fraction of sp³-hybridized carbons (Fsp3) is 0.571. The summed E-state index contributed by atoms with van der Waals surface area (Å²) in [4.78, 5) is 2.33. The van der Waals surface area contributed by atoms with Crippen molar-refractivity contribution in [1.82, 2.24) is 4.90 Å². The van der Waals surface area contributed by atoms with Gasteiger partial charge in [-0.3, -0.25) is 4.90 Å². The normalized spacial score (nSPS) is 21.3. The highest BCUT2D eigenvalue weighted by Gasteiger charge is 2.32. The Morgan fingerprint density at radius 3 is 2.74 bits per heavy atom. The molecule has 1 heterocycles. The minimum absolute atomic E-state index is 0.105. The molecular formula is C14H20Cl2N2O. The molecule has 0 bridgehead atoms. The molecule has 0 aromatic heterocycles.